The van der Waals surface area contributed by atoms with Crippen LogP contribution in [-0.4, -0.2) is 38.7 Å². The number of aromatic nitrogens is 2. The molecule has 0 saturated carbocycles. The van der Waals surface area contributed by atoms with Crippen molar-refractivity contribution in [1.82, 2.24) is 19.8 Å². The topological polar surface area (TPSA) is 84.3 Å². The predicted molar refractivity (Wildman–Crippen MR) is 136 cm³/mol. The van der Waals surface area contributed by atoms with E-state index in [0.717, 1.165) is 16.2 Å². The van der Waals surface area contributed by atoms with E-state index in [2.05, 4.69) is 10.3 Å². The number of benzene rings is 2. The molecule has 4 aromatic rings. The highest BCUT2D eigenvalue weighted by molar-refractivity contribution is 6.11. The van der Waals surface area contributed by atoms with E-state index in [0.29, 0.717) is 22.6 Å². The number of Topliss-reactive ketones (excluding diaryl/α,β-unsaturated/α-hetero) is 1. The fourth-order valence-corrected chi connectivity index (χ4v) is 4.92. The molecule has 1 fully saturated rings. The lowest BCUT2D eigenvalue weighted by Gasteiger charge is -2.27. The normalized spacial score (nSPS) is 17.3. The van der Waals surface area contributed by atoms with Crippen molar-refractivity contribution in [3.8, 4) is 5.82 Å². The summed E-state index contributed by atoms with van der Waals surface area (Å²) >= 11 is 0. The van der Waals surface area contributed by atoms with Crippen LogP contribution >= 0.6 is 0 Å². The maximum absolute atomic E-state index is 13.9. The van der Waals surface area contributed by atoms with E-state index in [-0.39, 0.29) is 18.7 Å². The van der Waals surface area contributed by atoms with Gasteiger partial charge < -0.3 is 9.88 Å². The minimum absolute atomic E-state index is 0.279. The zero-order chi connectivity index (χ0) is 25.3. The number of aryl methyl sites for hydroxylation is 1. The van der Waals surface area contributed by atoms with Gasteiger partial charge in [0.05, 0.1) is 6.54 Å². The fourth-order valence-electron chi connectivity index (χ4n) is 4.92. The van der Waals surface area contributed by atoms with Crippen molar-refractivity contribution < 1.29 is 14.4 Å². The first-order chi connectivity index (χ1) is 17.4. The molecule has 3 heterocycles. The summed E-state index contributed by atoms with van der Waals surface area (Å²) < 4.78 is 1.89. The summed E-state index contributed by atoms with van der Waals surface area (Å²) in [6, 6.07) is 25.5. The van der Waals surface area contributed by atoms with Gasteiger partial charge in [0.25, 0.3) is 5.91 Å². The van der Waals surface area contributed by atoms with Crippen LogP contribution in [0.3, 0.4) is 0 Å². The van der Waals surface area contributed by atoms with Crippen LogP contribution in [-0.2, 0) is 16.8 Å². The van der Waals surface area contributed by atoms with Gasteiger partial charge in [-0.15, -0.1) is 0 Å². The van der Waals surface area contributed by atoms with Crippen molar-refractivity contribution in [3.05, 3.63) is 119 Å². The van der Waals surface area contributed by atoms with Crippen LogP contribution in [0.25, 0.3) is 5.82 Å². The first-order valence-electron chi connectivity index (χ1n) is 11.8. The van der Waals surface area contributed by atoms with Crippen molar-refractivity contribution in [2.75, 3.05) is 6.54 Å². The molecule has 1 atom stereocenters. The third kappa shape index (κ3) is 3.98. The molecule has 0 radical (unpaired) electrons. The number of hydrogen-bond acceptors (Lipinski definition) is 4. The predicted octanol–water partition coefficient (Wildman–Crippen LogP) is 4.36. The number of amides is 3. The Bertz CT molecular complexity index is 1430. The van der Waals surface area contributed by atoms with Crippen LogP contribution in [0.2, 0.25) is 0 Å². The minimum atomic E-state index is -1.29. The van der Waals surface area contributed by atoms with E-state index in [4.69, 9.17) is 0 Å². The van der Waals surface area contributed by atoms with Crippen molar-refractivity contribution >= 4 is 17.7 Å². The Labute approximate surface area is 209 Å². The summed E-state index contributed by atoms with van der Waals surface area (Å²) in [5.41, 5.74) is 2.30. The van der Waals surface area contributed by atoms with Gasteiger partial charge in [0.2, 0.25) is 0 Å². The van der Waals surface area contributed by atoms with Gasteiger partial charge in [-0.3, -0.25) is 14.5 Å². The van der Waals surface area contributed by atoms with E-state index < -0.39 is 17.5 Å². The maximum Gasteiger partial charge on any atom is 0.325 e. The Morgan fingerprint density at radius 2 is 1.58 bits per heavy atom. The van der Waals surface area contributed by atoms with E-state index >= 15 is 0 Å². The van der Waals surface area contributed by atoms with Crippen molar-refractivity contribution in [2.24, 2.45) is 0 Å². The van der Waals surface area contributed by atoms with E-state index in [9.17, 15) is 14.4 Å². The van der Waals surface area contributed by atoms with Gasteiger partial charge in [0, 0.05) is 29.6 Å². The summed E-state index contributed by atoms with van der Waals surface area (Å²) in [5, 5.41) is 2.92. The largest absolute Gasteiger partial charge is 0.325 e. The number of pyridine rings is 1. The number of carbonyl (C=O) groups excluding carboxylic acids is 3. The lowest BCUT2D eigenvalue weighted by atomic mass is 9.83. The molecule has 0 spiro atoms. The van der Waals surface area contributed by atoms with Crippen LogP contribution in [0.1, 0.15) is 32.9 Å². The molecule has 2 aromatic heterocycles. The second kappa shape index (κ2) is 9.26. The summed E-state index contributed by atoms with van der Waals surface area (Å²) in [5.74, 6) is -0.0423. The highest BCUT2D eigenvalue weighted by atomic mass is 16.2. The van der Waals surface area contributed by atoms with Gasteiger partial charge in [-0.1, -0.05) is 66.7 Å². The fraction of sp³-hybridized carbons (Fsp3) is 0.172. The molecule has 1 aliphatic rings. The molecule has 180 valence electrons. The maximum atomic E-state index is 13.9. The molecule has 1 N–H and O–H groups in total. The Hall–Kier alpha value is -4.52. The Morgan fingerprint density at radius 3 is 2.25 bits per heavy atom. The average molecular weight is 479 g/mol. The molecule has 0 aliphatic carbocycles. The molecule has 7 nitrogen and oxygen atoms in total. The number of nitrogens with one attached hydrogen (secondary N) is 1. The number of rotatable bonds is 7. The number of urea groups is 1. The third-order valence-corrected chi connectivity index (χ3v) is 6.67. The zero-order valence-corrected chi connectivity index (χ0v) is 20.1. The molecule has 0 unspecified atom stereocenters. The molecular formula is C29H26N4O3. The molecule has 3 amide bonds. The van der Waals surface area contributed by atoms with Gasteiger partial charge in [-0.2, -0.15) is 0 Å². The molecular weight excluding hydrogens is 452 g/mol. The van der Waals surface area contributed by atoms with E-state index in [1.54, 1.807) is 12.3 Å². The van der Waals surface area contributed by atoms with Crippen LogP contribution in [0.4, 0.5) is 4.79 Å². The quantitative estimate of drug-likeness (QED) is 0.316. The van der Waals surface area contributed by atoms with Crippen molar-refractivity contribution in [2.45, 2.75) is 25.8 Å². The average Bonchev–Trinajstić information content (AvgIpc) is 3.33. The molecule has 7 heteroatoms. The van der Waals surface area contributed by atoms with Crippen molar-refractivity contribution in [1.29, 1.82) is 0 Å². The number of ketones is 1. The Kier molecular flexibility index (Phi) is 5.98. The van der Waals surface area contributed by atoms with E-state index in [1.807, 2.05) is 97.3 Å². The van der Waals surface area contributed by atoms with Gasteiger partial charge in [-0.25, -0.2) is 9.78 Å². The number of nitrogens with zero attached hydrogens (tertiary/aromatic N) is 3. The second-order valence-electron chi connectivity index (χ2n) is 8.99. The molecule has 0 bridgehead atoms. The molecule has 36 heavy (non-hydrogen) atoms. The van der Waals surface area contributed by atoms with Gasteiger partial charge in [0.1, 0.15) is 5.82 Å². The summed E-state index contributed by atoms with van der Waals surface area (Å²) in [6.07, 6.45) is 1.97. The Morgan fingerprint density at radius 1 is 0.917 bits per heavy atom. The summed E-state index contributed by atoms with van der Waals surface area (Å²) in [7, 11) is 0. The number of imide groups is 1. The zero-order valence-electron chi connectivity index (χ0n) is 20.1. The summed E-state index contributed by atoms with van der Waals surface area (Å²) in [4.78, 5) is 45.8. The molecule has 2 aromatic carbocycles. The number of carbonyl (C=O) groups is 3. The van der Waals surface area contributed by atoms with Gasteiger partial charge in [0.15, 0.2) is 11.3 Å². The highest BCUT2D eigenvalue weighted by Gasteiger charge is 2.52. The first-order valence-corrected chi connectivity index (χ1v) is 11.8. The summed E-state index contributed by atoms with van der Waals surface area (Å²) in [6.45, 7) is 3.39. The monoisotopic (exact) mass is 478 g/mol. The lowest BCUT2D eigenvalue weighted by Crippen LogP contribution is -2.46. The third-order valence-electron chi connectivity index (χ3n) is 6.67. The van der Waals surface area contributed by atoms with Crippen LogP contribution in [0.5, 0.6) is 0 Å². The highest BCUT2D eigenvalue weighted by Crippen LogP contribution is 2.33. The Balaban J connectivity index is 1.47. The van der Waals surface area contributed by atoms with E-state index in [1.165, 1.54) is 0 Å². The van der Waals surface area contributed by atoms with Crippen LogP contribution in [0, 0.1) is 13.8 Å². The minimum Gasteiger partial charge on any atom is -0.319 e. The molecule has 1 aliphatic heterocycles. The van der Waals surface area contributed by atoms with Gasteiger partial charge >= 0.3 is 6.03 Å². The SMILES string of the molecule is Cc1cc(C(=O)CN2C(=O)N[C@@](Cc3ccccc3)(c3ccccc3)C2=O)c(C)n1-c1ccccn1. The molecule has 1 saturated heterocycles. The van der Waals surface area contributed by atoms with Crippen LogP contribution in [0.15, 0.2) is 91.1 Å². The van der Waals surface area contributed by atoms with Gasteiger partial charge in [-0.05, 0) is 43.2 Å². The molecule has 5 rings (SSSR count). The second-order valence-corrected chi connectivity index (χ2v) is 8.99. The standard InChI is InChI=1S/C29H26N4O3/c1-20-17-24(21(2)33(20)26-15-9-10-16-30-26)25(34)19-32-27(35)29(31-28(32)36,23-13-7-4-8-14-23)18-22-11-5-3-6-12-22/h3-17H,18-19H2,1-2H3,(H,31,36)/t29-/m0/s1. The smallest absolute Gasteiger partial charge is 0.319 e. The van der Waals surface area contributed by atoms with Crippen LogP contribution < -0.4 is 5.32 Å². The number of hydrogen-bond donors (Lipinski definition) is 1. The first kappa shape index (κ1) is 23.2. The van der Waals surface area contributed by atoms with Crippen molar-refractivity contribution in [3.63, 3.8) is 0 Å². The lowest BCUT2D eigenvalue weighted by molar-refractivity contribution is -0.131.